The normalized spacial score (nSPS) is 15.9. The molecule has 2 heterocycles. The van der Waals surface area contributed by atoms with Gasteiger partial charge in [0.1, 0.15) is 5.82 Å². The molecule has 0 unspecified atom stereocenters. The molecule has 1 fully saturated rings. The summed E-state index contributed by atoms with van der Waals surface area (Å²) in [5, 5.41) is 0. The van der Waals surface area contributed by atoms with Crippen molar-refractivity contribution in [3.05, 3.63) is 82.7 Å². The van der Waals surface area contributed by atoms with Crippen molar-refractivity contribution in [1.29, 1.82) is 0 Å². The Hall–Kier alpha value is -2.99. The lowest BCUT2D eigenvalue weighted by Gasteiger charge is -2.21. The molecule has 154 valence electrons. The zero-order valence-corrected chi connectivity index (χ0v) is 17.0. The van der Waals surface area contributed by atoms with Crippen LogP contribution in [0, 0.1) is 5.82 Å². The Kier molecular flexibility index (Phi) is 4.87. The topological polar surface area (TPSA) is 47.4 Å². The van der Waals surface area contributed by atoms with Gasteiger partial charge in [0, 0.05) is 25.6 Å². The highest BCUT2D eigenvalue weighted by Crippen LogP contribution is 2.42. The fraction of sp³-hybridized carbons (Fsp3) is 0.333. The van der Waals surface area contributed by atoms with Gasteiger partial charge in [-0.05, 0) is 43.0 Å². The maximum atomic E-state index is 14.8. The molecule has 0 bridgehead atoms. The molecule has 0 atom stereocenters. The third-order valence-electron chi connectivity index (χ3n) is 5.80. The molecular weight excluding hydrogens is 381 g/mol. The van der Waals surface area contributed by atoms with Crippen molar-refractivity contribution in [2.45, 2.75) is 45.3 Å². The molecule has 5 nitrogen and oxygen atoms in total. The Morgan fingerprint density at radius 1 is 1.20 bits per heavy atom. The predicted octanol–water partition coefficient (Wildman–Crippen LogP) is 4.58. The van der Waals surface area contributed by atoms with Gasteiger partial charge in [0.25, 0.3) is 0 Å². The molecule has 6 heteroatoms. The first kappa shape index (κ1) is 19.0. The lowest BCUT2D eigenvalue weighted by molar-refractivity contribution is 0.0521. The van der Waals surface area contributed by atoms with Crippen molar-refractivity contribution >= 4 is 5.97 Å². The summed E-state index contributed by atoms with van der Waals surface area (Å²) in [6.07, 6.45) is 4.14. The smallest absolute Gasteiger partial charge is 0.341 e. The van der Waals surface area contributed by atoms with Gasteiger partial charge in [-0.3, -0.25) is 4.90 Å². The molecule has 3 aromatic rings. The minimum Gasteiger partial charge on any atom is -0.462 e. The third kappa shape index (κ3) is 3.52. The number of hydrogen-bond donors (Lipinski definition) is 0. The molecule has 30 heavy (non-hydrogen) atoms. The number of rotatable bonds is 5. The molecule has 1 aliphatic heterocycles. The summed E-state index contributed by atoms with van der Waals surface area (Å²) in [5.74, 6) is -0.670. The van der Waals surface area contributed by atoms with Gasteiger partial charge in [-0.25, -0.2) is 14.2 Å². The first-order valence-electron chi connectivity index (χ1n) is 10.5. The van der Waals surface area contributed by atoms with Crippen molar-refractivity contribution < 1.29 is 13.9 Å². The number of nitrogens with zero attached hydrogens (tertiary/aromatic N) is 3. The van der Waals surface area contributed by atoms with Gasteiger partial charge < -0.3 is 9.30 Å². The summed E-state index contributed by atoms with van der Waals surface area (Å²) in [6, 6.07) is 13.4. The van der Waals surface area contributed by atoms with Crippen LogP contribution in [0.2, 0.25) is 0 Å². The van der Waals surface area contributed by atoms with Crippen LogP contribution in [0.1, 0.15) is 58.6 Å². The van der Waals surface area contributed by atoms with Crippen LogP contribution in [0.15, 0.2) is 48.8 Å². The second kappa shape index (κ2) is 7.69. The summed E-state index contributed by atoms with van der Waals surface area (Å²) in [4.78, 5) is 19.3. The van der Waals surface area contributed by atoms with E-state index < -0.39 is 11.8 Å². The third-order valence-corrected chi connectivity index (χ3v) is 5.80. The van der Waals surface area contributed by atoms with E-state index in [4.69, 9.17) is 9.72 Å². The van der Waals surface area contributed by atoms with E-state index in [0.717, 1.165) is 48.6 Å². The fourth-order valence-corrected chi connectivity index (χ4v) is 4.23. The van der Waals surface area contributed by atoms with Gasteiger partial charge in [0.2, 0.25) is 0 Å². The average Bonchev–Trinajstić information content (AvgIpc) is 3.52. The van der Waals surface area contributed by atoms with Crippen LogP contribution < -0.4 is 0 Å². The molecule has 0 radical (unpaired) electrons. The van der Waals surface area contributed by atoms with E-state index in [1.54, 1.807) is 13.0 Å². The molecule has 0 spiro atoms. The van der Waals surface area contributed by atoms with E-state index in [9.17, 15) is 9.18 Å². The SMILES string of the molecule is CCOC(=O)c1cc2c(cc1F)CN(Cc1ccccc1)Cc1c(C3CC3)ncn1-2. The van der Waals surface area contributed by atoms with Gasteiger partial charge in [0.05, 0.1) is 35.6 Å². The van der Waals surface area contributed by atoms with Crippen molar-refractivity contribution in [1.82, 2.24) is 14.5 Å². The Morgan fingerprint density at radius 2 is 2.00 bits per heavy atom. The molecule has 1 aliphatic carbocycles. The van der Waals surface area contributed by atoms with Crippen molar-refractivity contribution in [2.75, 3.05) is 6.61 Å². The van der Waals surface area contributed by atoms with Gasteiger partial charge >= 0.3 is 5.97 Å². The number of carbonyl (C=O) groups is 1. The first-order valence-corrected chi connectivity index (χ1v) is 10.5. The van der Waals surface area contributed by atoms with Crippen molar-refractivity contribution in [2.24, 2.45) is 0 Å². The number of benzene rings is 2. The van der Waals surface area contributed by atoms with E-state index >= 15 is 0 Å². The maximum absolute atomic E-state index is 14.8. The van der Waals surface area contributed by atoms with Crippen LogP contribution in [-0.2, 0) is 24.4 Å². The number of ether oxygens (including phenoxy) is 1. The first-order chi connectivity index (χ1) is 14.6. The highest BCUT2D eigenvalue weighted by Gasteiger charge is 2.33. The van der Waals surface area contributed by atoms with Gasteiger partial charge in [-0.2, -0.15) is 0 Å². The summed E-state index contributed by atoms with van der Waals surface area (Å²) < 4.78 is 21.9. The molecular formula is C24H24FN3O2. The van der Waals surface area contributed by atoms with Gasteiger partial charge in [0.15, 0.2) is 0 Å². The second-order valence-electron chi connectivity index (χ2n) is 8.03. The minimum atomic E-state index is -0.632. The van der Waals surface area contributed by atoms with Gasteiger partial charge in [-0.1, -0.05) is 30.3 Å². The monoisotopic (exact) mass is 405 g/mol. The number of aromatic nitrogens is 2. The number of fused-ring (bicyclic) bond motifs is 3. The Bertz CT molecular complexity index is 1090. The maximum Gasteiger partial charge on any atom is 0.341 e. The molecule has 1 saturated carbocycles. The molecule has 0 saturated heterocycles. The lowest BCUT2D eigenvalue weighted by Crippen LogP contribution is -2.22. The lowest BCUT2D eigenvalue weighted by atomic mass is 10.1. The van der Waals surface area contributed by atoms with E-state index in [1.165, 1.54) is 11.6 Å². The molecule has 0 N–H and O–H groups in total. The van der Waals surface area contributed by atoms with E-state index in [-0.39, 0.29) is 12.2 Å². The van der Waals surface area contributed by atoms with E-state index in [1.807, 2.05) is 29.1 Å². The Labute approximate surface area is 175 Å². The Morgan fingerprint density at radius 3 is 2.73 bits per heavy atom. The number of imidazole rings is 1. The predicted molar refractivity (Wildman–Crippen MR) is 111 cm³/mol. The van der Waals surface area contributed by atoms with Crippen LogP contribution in [0.3, 0.4) is 0 Å². The summed E-state index contributed by atoms with van der Waals surface area (Å²) in [6.45, 7) is 4.01. The number of halogens is 1. The van der Waals surface area contributed by atoms with Crippen LogP contribution in [0.4, 0.5) is 4.39 Å². The van der Waals surface area contributed by atoms with Crippen LogP contribution >= 0.6 is 0 Å². The number of esters is 1. The minimum absolute atomic E-state index is 0.0280. The second-order valence-corrected chi connectivity index (χ2v) is 8.03. The average molecular weight is 405 g/mol. The van der Waals surface area contributed by atoms with Crippen LogP contribution in [-0.4, -0.2) is 27.0 Å². The van der Waals surface area contributed by atoms with Gasteiger partial charge in [-0.15, -0.1) is 0 Å². The summed E-state index contributed by atoms with van der Waals surface area (Å²) in [7, 11) is 0. The number of carbonyl (C=O) groups excluding carboxylic acids is 1. The summed E-state index contributed by atoms with van der Waals surface area (Å²) in [5.41, 5.74) is 5.10. The zero-order chi connectivity index (χ0) is 20.7. The summed E-state index contributed by atoms with van der Waals surface area (Å²) >= 11 is 0. The molecule has 2 aliphatic rings. The van der Waals surface area contributed by atoms with Crippen molar-refractivity contribution in [3.8, 4) is 5.69 Å². The highest BCUT2D eigenvalue weighted by atomic mass is 19.1. The zero-order valence-electron chi connectivity index (χ0n) is 17.0. The van der Waals surface area contributed by atoms with Crippen LogP contribution in [0.5, 0.6) is 0 Å². The number of hydrogen-bond acceptors (Lipinski definition) is 4. The molecule has 2 aromatic carbocycles. The Balaban J connectivity index is 1.59. The molecule has 0 amide bonds. The largest absolute Gasteiger partial charge is 0.462 e. The quantitative estimate of drug-likeness (QED) is 0.583. The van der Waals surface area contributed by atoms with E-state index in [2.05, 4.69) is 17.0 Å². The molecule has 1 aromatic heterocycles. The molecule has 5 rings (SSSR count). The van der Waals surface area contributed by atoms with E-state index in [0.29, 0.717) is 12.5 Å². The van der Waals surface area contributed by atoms with Crippen LogP contribution in [0.25, 0.3) is 5.69 Å². The van der Waals surface area contributed by atoms with Crippen molar-refractivity contribution in [3.63, 3.8) is 0 Å². The highest BCUT2D eigenvalue weighted by molar-refractivity contribution is 5.90. The fourth-order valence-electron chi connectivity index (χ4n) is 4.23. The standard InChI is InChI=1S/C24H24FN3O2/c1-2-30-24(29)19-11-21-18(10-20(19)25)13-27(12-16-6-4-3-5-7-16)14-22-23(17-8-9-17)26-15-28(21)22/h3-7,10-11,15,17H,2,8-9,12-14H2,1H3.